The largest absolute Gasteiger partial charge is 0.497 e. The molecule has 1 aliphatic rings. The molecular weight excluding hydrogens is 707 g/mol. The van der Waals surface area contributed by atoms with Gasteiger partial charge < -0.3 is 33.8 Å². The van der Waals surface area contributed by atoms with E-state index in [1.54, 1.807) is 14.2 Å². The maximum absolute atomic E-state index is 6.30. The molecule has 5 aromatic rings. The molecule has 11 nitrogen and oxygen atoms in total. The second kappa shape index (κ2) is 14.4. The minimum absolute atomic E-state index is 0.332. The first kappa shape index (κ1) is 31.0. The summed E-state index contributed by atoms with van der Waals surface area (Å²) < 4.78 is 16.3. The van der Waals surface area contributed by atoms with Crippen LogP contribution < -0.4 is 33.8 Å². The van der Waals surface area contributed by atoms with Crippen molar-refractivity contribution in [1.82, 2.24) is 19.9 Å². The van der Waals surface area contributed by atoms with Gasteiger partial charge in [0.1, 0.15) is 17.2 Å². The predicted molar refractivity (Wildman–Crippen MR) is 189 cm³/mol. The molecule has 2 heterocycles. The van der Waals surface area contributed by atoms with E-state index in [1.165, 1.54) is 19.3 Å². The molecule has 234 valence electrons. The highest BCUT2D eigenvalue weighted by Crippen LogP contribution is 2.34. The zero-order valence-corrected chi connectivity index (χ0v) is 27.9. The maximum Gasteiger partial charge on any atom is 0.233 e. The van der Waals surface area contributed by atoms with Crippen LogP contribution in [0.2, 0.25) is 5.02 Å². The van der Waals surface area contributed by atoms with Gasteiger partial charge in [0.2, 0.25) is 17.8 Å². The van der Waals surface area contributed by atoms with Gasteiger partial charge >= 0.3 is 0 Å². The highest BCUT2D eigenvalue weighted by Gasteiger charge is 2.17. The molecular formula is C32H34ClIN8O3. The fourth-order valence-electron chi connectivity index (χ4n) is 5.51. The number of ether oxygens (including phenoxy) is 2. The van der Waals surface area contributed by atoms with Gasteiger partial charge in [0, 0.05) is 58.8 Å². The molecule has 6 rings (SSSR count). The first-order valence-electron chi connectivity index (χ1n) is 14.8. The Morgan fingerprint density at radius 1 is 0.733 bits per heavy atom. The van der Waals surface area contributed by atoms with Gasteiger partial charge in [-0.2, -0.15) is 15.0 Å². The summed E-state index contributed by atoms with van der Waals surface area (Å²) in [5, 5.41) is 16.4. The van der Waals surface area contributed by atoms with Gasteiger partial charge in [-0.3, -0.25) is 0 Å². The molecule has 1 aliphatic carbocycles. The molecule has 0 atom stereocenters. The number of hydrogen-bond donors (Lipinski definition) is 4. The third-order valence-corrected chi connectivity index (χ3v) is 8.43. The number of aromatic nitrogens is 4. The number of halogens is 2. The monoisotopic (exact) mass is 740 g/mol. The van der Waals surface area contributed by atoms with Crippen LogP contribution in [0.5, 0.6) is 17.2 Å². The molecule has 13 heteroatoms. The number of hydrogen-bond acceptors (Lipinski definition) is 11. The molecule has 1 saturated carbocycles. The van der Waals surface area contributed by atoms with Crippen molar-refractivity contribution in [3.63, 3.8) is 0 Å². The van der Waals surface area contributed by atoms with Gasteiger partial charge in [0.25, 0.3) is 0 Å². The molecule has 2 aromatic heterocycles. The minimum atomic E-state index is 0.332. The average molecular weight is 741 g/mol. The van der Waals surface area contributed by atoms with Crippen molar-refractivity contribution in [3.05, 3.63) is 59.6 Å². The van der Waals surface area contributed by atoms with Crippen LogP contribution in [0.4, 0.5) is 29.2 Å². The molecule has 4 N–H and O–H groups in total. The van der Waals surface area contributed by atoms with E-state index >= 15 is 0 Å². The van der Waals surface area contributed by atoms with Crippen LogP contribution in [0.25, 0.3) is 21.8 Å². The van der Waals surface area contributed by atoms with Gasteiger partial charge in [0.15, 0.2) is 23.0 Å². The number of pyridine rings is 1. The molecule has 0 saturated heterocycles. The van der Waals surface area contributed by atoms with Crippen molar-refractivity contribution in [2.75, 3.05) is 48.6 Å². The van der Waals surface area contributed by atoms with Crippen LogP contribution in [0.3, 0.4) is 0 Å². The number of fused-ring (bicyclic) bond motifs is 2. The van der Waals surface area contributed by atoms with Gasteiger partial charge in [-0.15, -0.1) is 0 Å². The summed E-state index contributed by atoms with van der Waals surface area (Å²) >= 11 is 8.19. The van der Waals surface area contributed by atoms with Crippen molar-refractivity contribution >= 4 is 85.6 Å². The van der Waals surface area contributed by atoms with E-state index < -0.39 is 0 Å². The van der Waals surface area contributed by atoms with Gasteiger partial charge in [-0.05, 0) is 49.2 Å². The lowest BCUT2D eigenvalue weighted by atomic mass is 9.96. The van der Waals surface area contributed by atoms with Crippen LogP contribution in [-0.4, -0.2) is 53.3 Å². The first-order valence-corrected chi connectivity index (χ1v) is 16.1. The first-order chi connectivity index (χ1) is 22.0. The van der Waals surface area contributed by atoms with Crippen molar-refractivity contribution in [2.24, 2.45) is 0 Å². The lowest BCUT2D eigenvalue weighted by Gasteiger charge is -2.23. The van der Waals surface area contributed by atoms with E-state index in [0.29, 0.717) is 53.5 Å². The molecule has 45 heavy (non-hydrogen) atoms. The van der Waals surface area contributed by atoms with E-state index in [1.807, 2.05) is 77.6 Å². The van der Waals surface area contributed by atoms with E-state index in [2.05, 4.69) is 31.2 Å². The molecule has 0 bridgehead atoms. The summed E-state index contributed by atoms with van der Waals surface area (Å²) in [7, 11) is 3.24. The Bertz CT molecular complexity index is 1780. The third kappa shape index (κ3) is 7.61. The highest BCUT2D eigenvalue weighted by atomic mass is 127. The molecule has 0 amide bonds. The standard InChI is InChI=1S/C32H34ClIN8O3/c1-43-23-15-21(16-24(17-23)44-2)38-32-41-30(40-31(42-32)37-20-6-4-3-5-7-20)36-13-12-35-29-25-10-8-19(33)14-28(25)39-27-11-9-22(45-34)18-26(27)29/h8-11,14-18,20H,3-7,12-13H2,1-2H3,(H,35,39)(H3,36,37,38,40,41,42). The van der Waals surface area contributed by atoms with Gasteiger partial charge in [0.05, 0.1) is 30.9 Å². The number of nitrogens with zero attached hydrogens (tertiary/aromatic N) is 4. The molecule has 0 spiro atoms. The maximum atomic E-state index is 6.30. The fourth-order valence-corrected chi connectivity index (χ4v) is 5.95. The molecule has 3 aromatic carbocycles. The topological polar surface area (TPSA) is 127 Å². The quantitative estimate of drug-likeness (QED) is 0.0565. The Morgan fingerprint density at radius 2 is 1.47 bits per heavy atom. The zero-order chi connectivity index (χ0) is 31.2. The summed E-state index contributed by atoms with van der Waals surface area (Å²) in [6.45, 7) is 1.12. The summed E-state index contributed by atoms with van der Waals surface area (Å²) in [5.41, 5.74) is 3.35. The SMILES string of the molecule is COc1cc(Nc2nc(NCCNc3c4ccc(Cl)cc4nc4ccc(OI)cc34)nc(NC3CCCCC3)n2)cc(OC)c1. The molecule has 0 radical (unpaired) electrons. The van der Waals surface area contributed by atoms with E-state index in [0.717, 1.165) is 51.8 Å². The zero-order valence-electron chi connectivity index (χ0n) is 25.0. The number of rotatable bonds is 12. The van der Waals surface area contributed by atoms with Crippen LogP contribution in [0.1, 0.15) is 32.1 Å². The van der Waals surface area contributed by atoms with Crippen molar-refractivity contribution in [1.29, 1.82) is 0 Å². The van der Waals surface area contributed by atoms with Crippen LogP contribution in [0.15, 0.2) is 54.6 Å². The Kier molecular flexibility index (Phi) is 9.89. The summed E-state index contributed by atoms with van der Waals surface area (Å²) in [4.78, 5) is 18.9. The number of anilines is 5. The van der Waals surface area contributed by atoms with E-state index in [4.69, 9.17) is 34.1 Å². The second-order valence-electron chi connectivity index (χ2n) is 10.8. The average Bonchev–Trinajstić information content (AvgIpc) is 3.06. The Hall–Kier alpha value is -4.04. The Labute approximate surface area is 280 Å². The second-order valence-corrected chi connectivity index (χ2v) is 11.6. The van der Waals surface area contributed by atoms with Crippen LogP contribution >= 0.6 is 34.6 Å². The van der Waals surface area contributed by atoms with Crippen LogP contribution in [-0.2, 0) is 0 Å². The molecule has 1 fully saturated rings. The Morgan fingerprint density at radius 3 is 2.22 bits per heavy atom. The lowest BCUT2D eigenvalue weighted by molar-refractivity contribution is 0.395. The molecule has 0 aliphatic heterocycles. The van der Waals surface area contributed by atoms with E-state index in [-0.39, 0.29) is 0 Å². The third-order valence-electron chi connectivity index (χ3n) is 7.69. The minimum Gasteiger partial charge on any atom is -0.497 e. The highest BCUT2D eigenvalue weighted by molar-refractivity contribution is 14.1. The number of benzene rings is 3. The van der Waals surface area contributed by atoms with Gasteiger partial charge in [-0.1, -0.05) is 30.9 Å². The Balaban J connectivity index is 1.23. The van der Waals surface area contributed by atoms with Crippen molar-refractivity contribution in [3.8, 4) is 17.2 Å². The van der Waals surface area contributed by atoms with E-state index in [9.17, 15) is 0 Å². The summed E-state index contributed by atoms with van der Waals surface area (Å²) in [6.07, 6.45) is 5.85. The lowest BCUT2D eigenvalue weighted by Crippen LogP contribution is -2.24. The fraction of sp³-hybridized carbons (Fsp3) is 0.312. The van der Waals surface area contributed by atoms with Crippen LogP contribution in [0, 0.1) is 0 Å². The summed E-state index contributed by atoms with van der Waals surface area (Å²) in [6, 6.07) is 17.4. The van der Waals surface area contributed by atoms with Gasteiger partial charge in [-0.25, -0.2) is 4.98 Å². The molecule has 0 unspecified atom stereocenters. The number of nitrogens with one attached hydrogen (secondary N) is 4. The normalized spacial score (nSPS) is 13.4. The summed E-state index contributed by atoms with van der Waals surface area (Å²) in [5.74, 6) is 3.45. The van der Waals surface area contributed by atoms with Crippen molar-refractivity contribution in [2.45, 2.75) is 38.1 Å². The smallest absolute Gasteiger partial charge is 0.233 e. The predicted octanol–water partition coefficient (Wildman–Crippen LogP) is 7.98. The van der Waals surface area contributed by atoms with Crippen molar-refractivity contribution < 1.29 is 12.5 Å². The number of methoxy groups -OCH3 is 2.